The lowest BCUT2D eigenvalue weighted by molar-refractivity contribution is 0.248. The molecule has 0 bridgehead atoms. The van der Waals surface area contributed by atoms with Crippen LogP contribution in [-0.2, 0) is 6.54 Å². The fourth-order valence-corrected chi connectivity index (χ4v) is 2.86. The molecule has 2 heterocycles. The van der Waals surface area contributed by atoms with Crippen molar-refractivity contribution in [1.29, 1.82) is 0 Å². The quantitative estimate of drug-likeness (QED) is 0.681. The van der Waals surface area contributed by atoms with Crippen molar-refractivity contribution in [3.05, 3.63) is 71.3 Å². The smallest absolute Gasteiger partial charge is 0.135 e. The maximum absolute atomic E-state index is 6.21. The number of benzene rings is 1. The van der Waals surface area contributed by atoms with Crippen LogP contribution < -0.4 is 5.32 Å². The van der Waals surface area contributed by atoms with E-state index in [1.165, 1.54) is 0 Å². The zero-order valence-corrected chi connectivity index (χ0v) is 14.6. The number of nitrogens with zero attached hydrogens (tertiary/aromatic N) is 1. The second kappa shape index (κ2) is 7.71. The molecule has 0 aliphatic rings. The second-order valence-corrected chi connectivity index (χ2v) is 6.28. The third kappa shape index (κ3) is 3.90. The average Bonchev–Trinajstić information content (AvgIpc) is 3.23. The molecule has 126 valence electrons. The molecule has 1 atom stereocenters. The van der Waals surface area contributed by atoms with E-state index >= 15 is 0 Å². The molecule has 1 N–H and O–H groups in total. The molecule has 0 aliphatic carbocycles. The first-order valence-electron chi connectivity index (χ1n) is 7.89. The highest BCUT2D eigenvalue weighted by atomic mass is 35.5. The Labute approximate surface area is 147 Å². The largest absolute Gasteiger partial charge is 0.468 e. The maximum Gasteiger partial charge on any atom is 0.135 e. The lowest BCUT2D eigenvalue weighted by Crippen LogP contribution is -2.30. The van der Waals surface area contributed by atoms with E-state index in [0.29, 0.717) is 11.6 Å². The van der Waals surface area contributed by atoms with Gasteiger partial charge in [0.15, 0.2) is 0 Å². The molecule has 1 aromatic carbocycles. The molecule has 0 saturated carbocycles. The molecule has 3 rings (SSSR count). The van der Waals surface area contributed by atoms with Crippen LogP contribution in [-0.4, -0.2) is 25.5 Å². The first kappa shape index (κ1) is 16.8. The molecule has 0 radical (unpaired) electrons. The summed E-state index contributed by atoms with van der Waals surface area (Å²) in [5, 5.41) is 4.11. The van der Waals surface area contributed by atoms with Crippen molar-refractivity contribution in [2.45, 2.75) is 12.6 Å². The Morgan fingerprint density at radius 2 is 1.92 bits per heavy atom. The van der Waals surface area contributed by atoms with E-state index in [0.717, 1.165) is 29.4 Å². The molecule has 4 nitrogen and oxygen atoms in total. The molecule has 3 aromatic rings. The van der Waals surface area contributed by atoms with Gasteiger partial charge in [0.1, 0.15) is 17.3 Å². The van der Waals surface area contributed by atoms with Crippen molar-refractivity contribution < 1.29 is 8.83 Å². The van der Waals surface area contributed by atoms with Crippen molar-refractivity contribution >= 4 is 11.6 Å². The minimum atomic E-state index is 0.179. The van der Waals surface area contributed by atoms with E-state index in [2.05, 4.69) is 10.2 Å². The van der Waals surface area contributed by atoms with Crippen molar-refractivity contribution in [3.63, 3.8) is 0 Å². The number of halogens is 1. The van der Waals surface area contributed by atoms with Crippen LogP contribution in [0, 0.1) is 0 Å². The predicted molar refractivity (Wildman–Crippen MR) is 96.0 cm³/mol. The monoisotopic (exact) mass is 344 g/mol. The van der Waals surface area contributed by atoms with Gasteiger partial charge in [-0.1, -0.05) is 23.7 Å². The third-order valence-corrected chi connectivity index (χ3v) is 4.26. The van der Waals surface area contributed by atoms with E-state index in [9.17, 15) is 0 Å². The summed E-state index contributed by atoms with van der Waals surface area (Å²) >= 11 is 6.21. The fourth-order valence-electron chi connectivity index (χ4n) is 2.63. The molecule has 2 aromatic heterocycles. The molecular weight excluding hydrogens is 324 g/mol. The Kier molecular flexibility index (Phi) is 5.41. The summed E-state index contributed by atoms with van der Waals surface area (Å²) in [7, 11) is 4.08. The van der Waals surface area contributed by atoms with Crippen LogP contribution in [0.25, 0.3) is 11.3 Å². The normalized spacial score (nSPS) is 12.7. The standard InChI is InChI=1S/C19H21ClN2O2/c1-22(2)17(19-8-5-11-23-19)13-21-12-14-9-10-18(24-14)15-6-3-4-7-16(15)20/h3-11,17,21H,12-13H2,1-2H3. The van der Waals surface area contributed by atoms with Gasteiger partial charge in [0.25, 0.3) is 0 Å². The summed E-state index contributed by atoms with van der Waals surface area (Å²) in [5.41, 5.74) is 0.909. The summed E-state index contributed by atoms with van der Waals surface area (Å²) in [6.45, 7) is 1.41. The second-order valence-electron chi connectivity index (χ2n) is 5.87. The number of hydrogen-bond acceptors (Lipinski definition) is 4. The molecule has 0 aliphatic heterocycles. The van der Waals surface area contributed by atoms with Crippen LogP contribution in [0.1, 0.15) is 17.6 Å². The van der Waals surface area contributed by atoms with Gasteiger partial charge in [-0.05, 0) is 50.5 Å². The molecule has 0 spiro atoms. The average molecular weight is 345 g/mol. The Bertz CT molecular complexity index is 765. The molecule has 0 saturated heterocycles. The SMILES string of the molecule is CN(C)C(CNCc1ccc(-c2ccccc2Cl)o1)c1ccco1. The van der Waals surface area contributed by atoms with Gasteiger partial charge in [-0.2, -0.15) is 0 Å². The van der Waals surface area contributed by atoms with Crippen LogP contribution >= 0.6 is 11.6 Å². The maximum atomic E-state index is 6.21. The van der Waals surface area contributed by atoms with E-state index in [1.54, 1.807) is 6.26 Å². The van der Waals surface area contributed by atoms with E-state index in [-0.39, 0.29) is 6.04 Å². The number of furan rings is 2. The Morgan fingerprint density at radius 3 is 2.62 bits per heavy atom. The molecule has 5 heteroatoms. The summed E-state index contributed by atoms with van der Waals surface area (Å²) in [6.07, 6.45) is 1.70. The highest BCUT2D eigenvalue weighted by molar-refractivity contribution is 6.33. The molecule has 0 fully saturated rings. The molecule has 1 unspecified atom stereocenters. The molecule has 24 heavy (non-hydrogen) atoms. The first-order chi connectivity index (χ1) is 11.6. The van der Waals surface area contributed by atoms with E-state index in [1.807, 2.05) is 62.6 Å². The molecule has 0 amide bonds. The third-order valence-electron chi connectivity index (χ3n) is 3.93. The topological polar surface area (TPSA) is 41.5 Å². The highest BCUT2D eigenvalue weighted by Crippen LogP contribution is 2.29. The summed E-state index contributed by atoms with van der Waals surface area (Å²) in [6, 6.07) is 15.7. The lowest BCUT2D eigenvalue weighted by Gasteiger charge is -2.22. The van der Waals surface area contributed by atoms with Crippen LogP contribution in [0.2, 0.25) is 5.02 Å². The zero-order valence-electron chi connectivity index (χ0n) is 13.8. The minimum Gasteiger partial charge on any atom is -0.468 e. The fraction of sp³-hybridized carbons (Fsp3) is 0.263. The Morgan fingerprint density at radius 1 is 1.08 bits per heavy atom. The predicted octanol–water partition coefficient (Wildman–Crippen LogP) is 4.59. The van der Waals surface area contributed by atoms with Gasteiger partial charge in [0.05, 0.1) is 23.9 Å². The number of likely N-dealkylation sites (N-methyl/N-ethyl adjacent to an activating group) is 1. The van der Waals surface area contributed by atoms with Crippen molar-refractivity contribution in [2.75, 3.05) is 20.6 Å². The Balaban J connectivity index is 1.60. The van der Waals surface area contributed by atoms with E-state index < -0.39 is 0 Å². The highest BCUT2D eigenvalue weighted by Gasteiger charge is 2.16. The van der Waals surface area contributed by atoms with Gasteiger partial charge in [-0.15, -0.1) is 0 Å². The van der Waals surface area contributed by atoms with Gasteiger partial charge in [-0.3, -0.25) is 4.90 Å². The number of rotatable bonds is 7. The lowest BCUT2D eigenvalue weighted by atomic mass is 10.2. The van der Waals surface area contributed by atoms with Crippen LogP contribution in [0.4, 0.5) is 0 Å². The summed E-state index contributed by atoms with van der Waals surface area (Å²) in [5.74, 6) is 2.61. The van der Waals surface area contributed by atoms with Gasteiger partial charge in [0.2, 0.25) is 0 Å². The van der Waals surface area contributed by atoms with Gasteiger partial charge in [0, 0.05) is 12.1 Å². The van der Waals surface area contributed by atoms with Gasteiger partial charge in [-0.25, -0.2) is 0 Å². The minimum absolute atomic E-state index is 0.179. The van der Waals surface area contributed by atoms with Gasteiger partial charge < -0.3 is 14.2 Å². The zero-order chi connectivity index (χ0) is 16.9. The Hall–Kier alpha value is -2.01. The first-order valence-corrected chi connectivity index (χ1v) is 8.27. The van der Waals surface area contributed by atoms with Crippen molar-refractivity contribution in [2.24, 2.45) is 0 Å². The summed E-state index contributed by atoms with van der Waals surface area (Å²) in [4.78, 5) is 2.13. The van der Waals surface area contributed by atoms with Crippen LogP contribution in [0.5, 0.6) is 0 Å². The van der Waals surface area contributed by atoms with Crippen LogP contribution in [0.15, 0.2) is 63.6 Å². The number of hydrogen-bond donors (Lipinski definition) is 1. The van der Waals surface area contributed by atoms with Crippen molar-refractivity contribution in [1.82, 2.24) is 10.2 Å². The van der Waals surface area contributed by atoms with Crippen molar-refractivity contribution in [3.8, 4) is 11.3 Å². The van der Waals surface area contributed by atoms with Gasteiger partial charge >= 0.3 is 0 Å². The van der Waals surface area contributed by atoms with Crippen LogP contribution in [0.3, 0.4) is 0 Å². The number of nitrogens with one attached hydrogen (secondary N) is 1. The summed E-state index contributed by atoms with van der Waals surface area (Å²) < 4.78 is 11.4. The molecular formula is C19H21ClN2O2. The van der Waals surface area contributed by atoms with E-state index in [4.69, 9.17) is 20.4 Å².